The predicted octanol–water partition coefficient (Wildman–Crippen LogP) is 3.72. The number of esters is 6. The summed E-state index contributed by atoms with van der Waals surface area (Å²) < 4.78 is 48.7. The van der Waals surface area contributed by atoms with Crippen molar-refractivity contribution >= 4 is 35.8 Å². The van der Waals surface area contributed by atoms with E-state index < -0.39 is 46.6 Å². The van der Waals surface area contributed by atoms with Crippen molar-refractivity contribution in [2.45, 2.75) is 38.5 Å². The molecule has 0 aliphatic rings. The highest BCUT2D eigenvalue weighted by Crippen LogP contribution is 2.33. The van der Waals surface area contributed by atoms with E-state index in [2.05, 4.69) is 39.5 Å². The fourth-order valence-corrected chi connectivity index (χ4v) is 4.66. The maximum Gasteiger partial charge on any atom is 0.330 e. The van der Waals surface area contributed by atoms with Crippen LogP contribution in [0, 0.1) is 10.8 Å². The number of rotatable bonds is 34. The molecule has 0 spiro atoms. The highest BCUT2D eigenvalue weighted by molar-refractivity contribution is 5.82. The maximum absolute atomic E-state index is 11.7. The summed E-state index contributed by atoms with van der Waals surface area (Å²) in [6.07, 6.45) is 8.04. The van der Waals surface area contributed by atoms with Crippen LogP contribution in [-0.4, -0.2) is 115 Å². The van der Waals surface area contributed by atoms with Gasteiger partial charge in [0.1, 0.15) is 0 Å². The van der Waals surface area contributed by atoms with Crippen LogP contribution in [0.4, 0.5) is 0 Å². The molecule has 0 heterocycles. The average Bonchev–Trinajstić information content (AvgIpc) is 3.16. The Morgan fingerprint density at radius 3 is 0.698 bits per heavy atom. The van der Waals surface area contributed by atoms with Gasteiger partial charge in [-0.2, -0.15) is 0 Å². The van der Waals surface area contributed by atoms with Gasteiger partial charge in [-0.25, -0.2) is 28.8 Å². The lowest BCUT2D eigenvalue weighted by molar-refractivity contribution is -0.143. The second kappa shape index (κ2) is 29.7. The van der Waals surface area contributed by atoms with Crippen molar-refractivity contribution in [3.8, 4) is 0 Å². The Kier molecular flexibility index (Phi) is 27.0. The van der Waals surface area contributed by atoms with Gasteiger partial charge in [-0.1, -0.05) is 39.5 Å². The second-order valence-corrected chi connectivity index (χ2v) is 11.4. The lowest BCUT2D eigenvalue weighted by Gasteiger charge is -2.33. The van der Waals surface area contributed by atoms with E-state index in [9.17, 15) is 28.8 Å². The molecule has 0 aromatic rings. The van der Waals surface area contributed by atoms with E-state index in [0.29, 0.717) is 38.5 Å². The minimum Gasteiger partial charge on any atom is -0.463 e. The first-order valence-electron chi connectivity index (χ1n) is 16.9. The van der Waals surface area contributed by atoms with Crippen molar-refractivity contribution in [1.82, 2.24) is 0 Å². The lowest BCUT2D eigenvalue weighted by atomic mass is 9.79. The van der Waals surface area contributed by atoms with E-state index in [4.69, 9.17) is 42.6 Å². The van der Waals surface area contributed by atoms with E-state index in [1.807, 2.05) is 0 Å². The molecule has 296 valence electrons. The first kappa shape index (κ1) is 48.1. The van der Waals surface area contributed by atoms with Gasteiger partial charge in [0.25, 0.3) is 0 Å². The molecule has 0 bridgehead atoms. The molecule has 0 aliphatic heterocycles. The van der Waals surface area contributed by atoms with E-state index in [1.54, 1.807) is 0 Å². The van der Waals surface area contributed by atoms with Gasteiger partial charge in [0.05, 0.1) is 79.3 Å². The van der Waals surface area contributed by atoms with Crippen molar-refractivity contribution in [2.75, 3.05) is 79.3 Å². The molecule has 0 aromatic heterocycles. The van der Waals surface area contributed by atoms with Crippen LogP contribution in [0.5, 0.6) is 0 Å². The monoisotopic (exact) mass is 750 g/mol. The molecule has 0 aromatic carbocycles. The van der Waals surface area contributed by atoms with Gasteiger partial charge in [0, 0.05) is 47.3 Å². The van der Waals surface area contributed by atoms with Gasteiger partial charge in [-0.05, 0) is 38.5 Å². The highest BCUT2D eigenvalue weighted by atomic mass is 16.6. The van der Waals surface area contributed by atoms with Crippen LogP contribution in [0.3, 0.4) is 0 Å². The fourth-order valence-electron chi connectivity index (χ4n) is 4.66. The van der Waals surface area contributed by atoms with Crippen LogP contribution in [0.15, 0.2) is 75.9 Å². The molecule has 0 saturated heterocycles. The maximum atomic E-state index is 11.7. The quantitative estimate of drug-likeness (QED) is 0.0401. The van der Waals surface area contributed by atoms with Gasteiger partial charge in [0.15, 0.2) is 0 Å². The van der Waals surface area contributed by atoms with Crippen LogP contribution in [0.25, 0.3) is 0 Å². The normalized spacial score (nSPS) is 10.9. The summed E-state index contributed by atoms with van der Waals surface area (Å²) >= 11 is 0. The average molecular weight is 751 g/mol. The molecule has 0 fully saturated rings. The summed E-state index contributed by atoms with van der Waals surface area (Å²) in [5.74, 6) is -3.63. The molecular weight excluding hydrogens is 696 g/mol. The van der Waals surface area contributed by atoms with Gasteiger partial charge < -0.3 is 42.6 Å². The molecule has 15 heteroatoms. The largest absolute Gasteiger partial charge is 0.463 e. The number of carbonyl (C=O) groups excluding carboxylic acids is 6. The molecule has 0 amide bonds. The van der Waals surface area contributed by atoms with Crippen molar-refractivity contribution in [3.05, 3.63) is 75.9 Å². The summed E-state index contributed by atoms with van der Waals surface area (Å²) in [5.41, 5.74) is -1.45. The Bertz CT molecular complexity index is 1000. The number of hydrogen-bond donors (Lipinski definition) is 0. The summed E-state index contributed by atoms with van der Waals surface area (Å²) in [5, 5.41) is 0. The van der Waals surface area contributed by atoms with E-state index in [0.717, 1.165) is 36.5 Å². The van der Waals surface area contributed by atoms with Gasteiger partial charge in [-0.15, -0.1) is 0 Å². The fraction of sp³-hybridized carbons (Fsp3) is 0.526. The Hall–Kier alpha value is -4.86. The number of carbonyl (C=O) groups is 6. The third-order valence-corrected chi connectivity index (χ3v) is 7.82. The van der Waals surface area contributed by atoms with Crippen LogP contribution in [-0.2, 0) is 71.4 Å². The zero-order valence-electron chi connectivity index (χ0n) is 30.6. The molecule has 0 radical (unpaired) electrons. The van der Waals surface area contributed by atoms with Crippen molar-refractivity contribution in [1.29, 1.82) is 0 Å². The highest BCUT2D eigenvalue weighted by Gasteiger charge is 2.33. The van der Waals surface area contributed by atoms with Crippen LogP contribution < -0.4 is 0 Å². The molecule has 0 rings (SSSR count). The number of ether oxygens (including phenoxy) is 9. The zero-order valence-corrected chi connectivity index (χ0v) is 30.6. The Labute approximate surface area is 311 Å². The third kappa shape index (κ3) is 24.1. The Morgan fingerprint density at radius 1 is 0.321 bits per heavy atom. The SMILES string of the molecule is C=CC(=O)OCCC(CCOC(=O)C=C)(CCOC(=O)C=C)COCCOCCOCC(CCOC(=O)C=C)(CCOC(=O)C=C)CCOC(=O)C=C. The molecule has 0 atom stereocenters. The van der Waals surface area contributed by atoms with Crippen molar-refractivity contribution < 1.29 is 71.4 Å². The lowest BCUT2D eigenvalue weighted by Crippen LogP contribution is -2.34. The standard InChI is InChI=1S/C38H54O15/c1-7-31(39)48-19-13-37(14-20-49-32(40)8-2,15-21-50-33(41)9-3)29-46-27-25-45-26-28-47-30-38(16-22-51-34(42)10-4,17-23-52-35(43)11-5)18-24-53-36(44)12-6/h7-12H,1-6,13-30H2. The second-order valence-electron chi connectivity index (χ2n) is 11.4. The van der Waals surface area contributed by atoms with Crippen LogP contribution >= 0.6 is 0 Å². The third-order valence-electron chi connectivity index (χ3n) is 7.82. The van der Waals surface area contributed by atoms with Gasteiger partial charge in [0.2, 0.25) is 0 Å². The van der Waals surface area contributed by atoms with Crippen molar-refractivity contribution in [2.24, 2.45) is 10.8 Å². The van der Waals surface area contributed by atoms with Gasteiger partial charge >= 0.3 is 35.8 Å². The first-order chi connectivity index (χ1) is 25.4. The summed E-state index contributed by atoms with van der Waals surface area (Å²) in [6, 6.07) is 0. The van der Waals surface area contributed by atoms with E-state index in [1.165, 1.54) is 0 Å². The smallest absolute Gasteiger partial charge is 0.330 e. The molecular formula is C38H54O15. The van der Waals surface area contributed by atoms with Crippen LogP contribution in [0.2, 0.25) is 0 Å². The van der Waals surface area contributed by atoms with E-state index in [-0.39, 0.29) is 79.3 Å². The molecule has 0 unspecified atom stereocenters. The Balaban J connectivity index is 5.37. The zero-order chi connectivity index (χ0) is 39.8. The van der Waals surface area contributed by atoms with Gasteiger partial charge in [-0.3, -0.25) is 0 Å². The molecule has 0 N–H and O–H groups in total. The molecule has 15 nitrogen and oxygen atoms in total. The first-order valence-corrected chi connectivity index (χ1v) is 16.9. The summed E-state index contributed by atoms with van der Waals surface area (Å²) in [6.45, 7) is 21.3. The minimum atomic E-state index is -0.725. The van der Waals surface area contributed by atoms with E-state index >= 15 is 0 Å². The molecule has 0 saturated carbocycles. The number of hydrogen-bond acceptors (Lipinski definition) is 15. The van der Waals surface area contributed by atoms with Crippen molar-refractivity contribution in [3.63, 3.8) is 0 Å². The van der Waals surface area contributed by atoms with Crippen LogP contribution in [0.1, 0.15) is 38.5 Å². The minimum absolute atomic E-state index is 0.0123. The summed E-state index contributed by atoms with van der Waals surface area (Å²) in [7, 11) is 0. The topological polar surface area (TPSA) is 185 Å². The molecule has 0 aliphatic carbocycles. The Morgan fingerprint density at radius 2 is 0.509 bits per heavy atom. The predicted molar refractivity (Wildman–Crippen MR) is 192 cm³/mol. The molecule has 53 heavy (non-hydrogen) atoms. The summed E-state index contributed by atoms with van der Waals surface area (Å²) in [4.78, 5) is 70.0.